The van der Waals surface area contributed by atoms with Crippen molar-refractivity contribution in [2.75, 3.05) is 20.3 Å². The van der Waals surface area contributed by atoms with Gasteiger partial charge in [-0.1, -0.05) is 49.4 Å². The lowest BCUT2D eigenvalue weighted by atomic mass is 9.95. The molecule has 2 rings (SSSR count). The lowest BCUT2D eigenvalue weighted by Crippen LogP contribution is -2.09. The van der Waals surface area contributed by atoms with Crippen LogP contribution in [0, 0.1) is 0 Å². The molecule has 21 heavy (non-hydrogen) atoms. The van der Waals surface area contributed by atoms with E-state index in [-0.39, 0.29) is 0 Å². The fourth-order valence-corrected chi connectivity index (χ4v) is 2.36. The molecule has 0 aliphatic carbocycles. The van der Waals surface area contributed by atoms with Gasteiger partial charge in [-0.05, 0) is 23.6 Å². The van der Waals surface area contributed by atoms with Gasteiger partial charge in [0.25, 0.3) is 0 Å². The largest absolute Gasteiger partial charge is 0.491 e. The Morgan fingerprint density at radius 3 is 2.33 bits per heavy atom. The summed E-state index contributed by atoms with van der Waals surface area (Å²) in [6.07, 6.45) is 0.208. The summed E-state index contributed by atoms with van der Waals surface area (Å²) in [7, 11) is 1.64. The minimum absolute atomic E-state index is 0.468. The zero-order chi connectivity index (χ0) is 15.1. The molecule has 0 fully saturated rings. The summed E-state index contributed by atoms with van der Waals surface area (Å²) in [5.41, 5.74) is 2.87. The molecule has 0 bridgehead atoms. The molecule has 3 heteroatoms. The van der Waals surface area contributed by atoms with Gasteiger partial charge in [0.1, 0.15) is 18.5 Å². The summed E-state index contributed by atoms with van der Waals surface area (Å²) in [5, 5.41) is 10.7. The fourth-order valence-electron chi connectivity index (χ4n) is 2.36. The third-order valence-electron chi connectivity index (χ3n) is 3.49. The number of rotatable bonds is 7. The number of aliphatic hydroxyl groups excluding tert-OH is 1. The van der Waals surface area contributed by atoms with Gasteiger partial charge in [0, 0.05) is 12.7 Å². The van der Waals surface area contributed by atoms with Gasteiger partial charge in [-0.25, -0.2) is 0 Å². The second-order valence-electron chi connectivity index (χ2n) is 4.83. The molecule has 0 aromatic heterocycles. The molecule has 112 valence electrons. The van der Waals surface area contributed by atoms with Crippen molar-refractivity contribution in [1.29, 1.82) is 0 Å². The van der Waals surface area contributed by atoms with E-state index < -0.39 is 6.10 Å². The molecule has 3 nitrogen and oxygen atoms in total. The van der Waals surface area contributed by atoms with Crippen LogP contribution in [0.2, 0.25) is 0 Å². The highest BCUT2D eigenvalue weighted by Crippen LogP contribution is 2.31. The molecular weight excluding hydrogens is 264 g/mol. The second kappa shape index (κ2) is 7.81. The Morgan fingerprint density at radius 2 is 1.62 bits per heavy atom. The maximum atomic E-state index is 10.7. The van der Waals surface area contributed by atoms with E-state index in [9.17, 15) is 5.11 Å². The molecule has 2 aromatic carbocycles. The van der Waals surface area contributed by atoms with Crippen molar-refractivity contribution in [3.05, 3.63) is 65.2 Å². The minimum atomic E-state index is -0.681. The van der Waals surface area contributed by atoms with Gasteiger partial charge < -0.3 is 14.6 Å². The van der Waals surface area contributed by atoms with Crippen LogP contribution in [0.3, 0.4) is 0 Å². The molecule has 0 spiro atoms. The quantitative estimate of drug-likeness (QED) is 0.793. The molecule has 1 unspecified atom stereocenters. The molecule has 0 aliphatic heterocycles. The number of aliphatic hydroxyl groups is 1. The predicted molar refractivity (Wildman–Crippen MR) is 83.7 cm³/mol. The van der Waals surface area contributed by atoms with E-state index in [4.69, 9.17) is 9.47 Å². The minimum Gasteiger partial charge on any atom is -0.491 e. The van der Waals surface area contributed by atoms with Gasteiger partial charge in [-0.3, -0.25) is 0 Å². The summed E-state index contributed by atoms with van der Waals surface area (Å²) in [5.74, 6) is 0.702. The fraction of sp³-hybridized carbons (Fsp3) is 0.333. The first-order chi connectivity index (χ1) is 10.3. The summed E-state index contributed by atoms with van der Waals surface area (Å²) >= 11 is 0. The monoisotopic (exact) mass is 286 g/mol. The highest BCUT2D eigenvalue weighted by molar-refractivity contribution is 5.42. The number of methoxy groups -OCH3 is 1. The topological polar surface area (TPSA) is 38.7 Å². The number of hydrogen-bond acceptors (Lipinski definition) is 3. The average molecular weight is 286 g/mol. The van der Waals surface area contributed by atoms with E-state index in [1.807, 2.05) is 48.5 Å². The Balaban J connectivity index is 2.28. The first-order valence-electron chi connectivity index (χ1n) is 7.24. The van der Waals surface area contributed by atoms with Crippen LogP contribution in [0.25, 0.3) is 0 Å². The van der Waals surface area contributed by atoms with Crippen LogP contribution in [0.4, 0.5) is 0 Å². The Bertz CT molecular complexity index is 566. The van der Waals surface area contributed by atoms with Gasteiger partial charge in [-0.15, -0.1) is 0 Å². The lowest BCUT2D eigenvalue weighted by molar-refractivity contribution is 0.142. The highest BCUT2D eigenvalue weighted by Gasteiger charge is 2.17. The van der Waals surface area contributed by atoms with E-state index in [0.717, 1.165) is 23.1 Å². The van der Waals surface area contributed by atoms with Gasteiger partial charge in [0.2, 0.25) is 0 Å². The summed E-state index contributed by atoms with van der Waals surface area (Å²) in [4.78, 5) is 0. The molecule has 0 aliphatic rings. The third-order valence-corrected chi connectivity index (χ3v) is 3.49. The molecule has 1 N–H and O–H groups in total. The van der Waals surface area contributed by atoms with Crippen LogP contribution in [0.1, 0.15) is 29.7 Å². The number of benzene rings is 2. The van der Waals surface area contributed by atoms with Crippen molar-refractivity contribution in [2.24, 2.45) is 0 Å². The number of aryl methyl sites for hydroxylation is 1. The number of para-hydroxylation sites is 1. The maximum Gasteiger partial charge on any atom is 0.125 e. The van der Waals surface area contributed by atoms with Crippen molar-refractivity contribution in [3.8, 4) is 5.75 Å². The molecule has 0 heterocycles. The summed E-state index contributed by atoms with van der Waals surface area (Å²) in [6, 6.07) is 15.6. The van der Waals surface area contributed by atoms with Crippen LogP contribution in [-0.2, 0) is 11.2 Å². The standard InChI is InChI=1S/C18H22O3/c1-3-14-8-4-5-9-15(14)18(19)16-10-6-7-11-17(16)21-13-12-20-2/h4-11,18-19H,3,12-13H2,1-2H3. The predicted octanol–water partition coefficient (Wildman–Crippen LogP) is 3.36. The van der Waals surface area contributed by atoms with Crippen LogP contribution in [0.15, 0.2) is 48.5 Å². The van der Waals surface area contributed by atoms with Gasteiger partial charge in [0.15, 0.2) is 0 Å². The molecule has 2 aromatic rings. The normalized spacial score (nSPS) is 12.1. The van der Waals surface area contributed by atoms with E-state index in [0.29, 0.717) is 19.0 Å². The van der Waals surface area contributed by atoms with E-state index in [1.54, 1.807) is 7.11 Å². The maximum absolute atomic E-state index is 10.7. The van der Waals surface area contributed by atoms with Crippen molar-refractivity contribution >= 4 is 0 Å². The third kappa shape index (κ3) is 3.84. The van der Waals surface area contributed by atoms with Crippen molar-refractivity contribution < 1.29 is 14.6 Å². The first-order valence-corrected chi connectivity index (χ1v) is 7.24. The van der Waals surface area contributed by atoms with Gasteiger partial charge in [-0.2, -0.15) is 0 Å². The Labute approximate surface area is 126 Å². The van der Waals surface area contributed by atoms with E-state index in [2.05, 4.69) is 6.92 Å². The Kier molecular flexibility index (Phi) is 5.78. The molecule has 0 saturated heterocycles. The Morgan fingerprint density at radius 1 is 0.952 bits per heavy atom. The lowest BCUT2D eigenvalue weighted by Gasteiger charge is -2.18. The van der Waals surface area contributed by atoms with Crippen molar-refractivity contribution in [3.63, 3.8) is 0 Å². The Hall–Kier alpha value is -1.84. The van der Waals surface area contributed by atoms with Crippen LogP contribution < -0.4 is 4.74 Å². The van der Waals surface area contributed by atoms with E-state index >= 15 is 0 Å². The van der Waals surface area contributed by atoms with Crippen LogP contribution in [0.5, 0.6) is 5.75 Å². The molecule has 1 atom stereocenters. The van der Waals surface area contributed by atoms with Crippen LogP contribution in [-0.4, -0.2) is 25.4 Å². The number of hydrogen-bond donors (Lipinski definition) is 1. The van der Waals surface area contributed by atoms with Crippen molar-refractivity contribution in [1.82, 2.24) is 0 Å². The van der Waals surface area contributed by atoms with Crippen LogP contribution >= 0.6 is 0 Å². The highest BCUT2D eigenvalue weighted by atomic mass is 16.5. The zero-order valence-corrected chi connectivity index (χ0v) is 12.6. The van der Waals surface area contributed by atoms with Gasteiger partial charge >= 0.3 is 0 Å². The first kappa shape index (κ1) is 15.5. The number of ether oxygens (including phenoxy) is 2. The molecule has 0 amide bonds. The summed E-state index contributed by atoms with van der Waals surface area (Å²) < 4.78 is 10.7. The van der Waals surface area contributed by atoms with E-state index in [1.165, 1.54) is 0 Å². The summed E-state index contributed by atoms with van der Waals surface area (Å²) in [6.45, 7) is 3.08. The molecule has 0 radical (unpaired) electrons. The SMILES string of the molecule is CCc1ccccc1C(O)c1ccccc1OCCOC. The van der Waals surface area contributed by atoms with Crippen molar-refractivity contribution in [2.45, 2.75) is 19.4 Å². The zero-order valence-electron chi connectivity index (χ0n) is 12.6. The molecule has 0 saturated carbocycles. The second-order valence-corrected chi connectivity index (χ2v) is 4.83. The average Bonchev–Trinajstić information content (AvgIpc) is 2.55. The molecular formula is C18H22O3. The van der Waals surface area contributed by atoms with Gasteiger partial charge in [0.05, 0.1) is 6.61 Å². The smallest absolute Gasteiger partial charge is 0.125 e.